The van der Waals surface area contributed by atoms with Crippen molar-refractivity contribution in [2.45, 2.75) is 39.2 Å². The number of halogens is 1. The molecular weight excluding hydrogens is 427 g/mol. The standard InChI is InChI=1S/C15H32N4O2S.HI/c1-5-8-19-9-6-14(12-19)11-17-15(16-3)18-13(2)7-10-22(4,20)21;/h13-14H,5-12H2,1-4H3,(H2,16,17,18);1H. The minimum absolute atomic E-state index is 0. The Kier molecular flexibility index (Phi) is 11.4. The van der Waals surface area contributed by atoms with Crippen LogP contribution in [-0.4, -0.2) is 70.6 Å². The number of sulfone groups is 1. The van der Waals surface area contributed by atoms with E-state index >= 15 is 0 Å². The summed E-state index contributed by atoms with van der Waals surface area (Å²) in [7, 11) is -1.16. The molecule has 138 valence electrons. The number of guanidine groups is 1. The summed E-state index contributed by atoms with van der Waals surface area (Å²) in [4.78, 5) is 6.73. The molecule has 2 unspecified atom stereocenters. The van der Waals surface area contributed by atoms with Crippen LogP contribution in [-0.2, 0) is 9.84 Å². The predicted octanol–water partition coefficient (Wildman–Crippen LogP) is 1.32. The van der Waals surface area contributed by atoms with Gasteiger partial charge in [0.25, 0.3) is 0 Å². The lowest BCUT2D eigenvalue weighted by Crippen LogP contribution is -2.44. The Morgan fingerprint density at radius 2 is 2.13 bits per heavy atom. The molecule has 0 amide bonds. The molecule has 0 aliphatic carbocycles. The second-order valence-corrected chi connectivity index (χ2v) is 8.63. The van der Waals surface area contributed by atoms with Crippen molar-refractivity contribution in [1.29, 1.82) is 0 Å². The molecule has 6 nitrogen and oxygen atoms in total. The van der Waals surface area contributed by atoms with Gasteiger partial charge < -0.3 is 15.5 Å². The van der Waals surface area contributed by atoms with E-state index in [1.807, 2.05) is 6.92 Å². The van der Waals surface area contributed by atoms with Crippen LogP contribution >= 0.6 is 24.0 Å². The van der Waals surface area contributed by atoms with Gasteiger partial charge in [0.2, 0.25) is 0 Å². The van der Waals surface area contributed by atoms with E-state index in [0.717, 1.165) is 19.0 Å². The van der Waals surface area contributed by atoms with Crippen molar-refractivity contribution in [2.75, 3.05) is 45.2 Å². The number of nitrogens with one attached hydrogen (secondary N) is 2. The average molecular weight is 460 g/mol. The molecule has 23 heavy (non-hydrogen) atoms. The molecule has 0 saturated carbocycles. The lowest BCUT2D eigenvalue weighted by molar-refractivity contribution is 0.324. The molecule has 1 aliphatic rings. The predicted molar refractivity (Wildman–Crippen MR) is 109 cm³/mol. The second-order valence-electron chi connectivity index (χ2n) is 6.37. The summed E-state index contributed by atoms with van der Waals surface area (Å²) in [5, 5.41) is 6.63. The summed E-state index contributed by atoms with van der Waals surface area (Å²) in [6.07, 6.45) is 4.30. The van der Waals surface area contributed by atoms with Crippen LogP contribution < -0.4 is 10.6 Å². The highest BCUT2D eigenvalue weighted by Crippen LogP contribution is 2.15. The van der Waals surface area contributed by atoms with E-state index in [1.165, 1.54) is 32.2 Å². The van der Waals surface area contributed by atoms with Gasteiger partial charge in [0.1, 0.15) is 9.84 Å². The Hall–Kier alpha value is -0.0900. The van der Waals surface area contributed by atoms with Crippen LogP contribution in [0.5, 0.6) is 0 Å². The molecule has 0 spiro atoms. The summed E-state index contributed by atoms with van der Waals surface area (Å²) in [6.45, 7) is 8.65. The van der Waals surface area contributed by atoms with Gasteiger partial charge in [-0.2, -0.15) is 0 Å². The Bertz CT molecular complexity index is 456. The fraction of sp³-hybridized carbons (Fsp3) is 0.933. The molecule has 1 saturated heterocycles. The molecule has 8 heteroatoms. The highest BCUT2D eigenvalue weighted by Gasteiger charge is 2.21. The van der Waals surface area contributed by atoms with Gasteiger partial charge >= 0.3 is 0 Å². The van der Waals surface area contributed by atoms with E-state index in [4.69, 9.17) is 0 Å². The SMILES string of the molecule is CCCN1CCC(CNC(=NC)NC(C)CCS(C)(=O)=O)C1.I. The lowest BCUT2D eigenvalue weighted by atomic mass is 10.1. The monoisotopic (exact) mass is 460 g/mol. The number of likely N-dealkylation sites (tertiary alicyclic amines) is 1. The summed E-state index contributed by atoms with van der Waals surface area (Å²) in [5.41, 5.74) is 0. The van der Waals surface area contributed by atoms with Gasteiger partial charge in [0.05, 0.1) is 5.75 Å². The first-order valence-corrected chi connectivity index (χ1v) is 10.3. The molecule has 0 radical (unpaired) electrons. The maximum absolute atomic E-state index is 11.2. The van der Waals surface area contributed by atoms with Gasteiger partial charge in [-0.25, -0.2) is 8.42 Å². The average Bonchev–Trinajstić information content (AvgIpc) is 2.88. The van der Waals surface area contributed by atoms with Crippen LogP contribution in [0.15, 0.2) is 4.99 Å². The first kappa shape index (κ1) is 22.9. The zero-order chi connectivity index (χ0) is 16.6. The first-order valence-electron chi connectivity index (χ1n) is 8.21. The van der Waals surface area contributed by atoms with Gasteiger partial charge in [0, 0.05) is 32.4 Å². The number of hydrogen-bond donors (Lipinski definition) is 2. The Labute approximate surface area is 158 Å². The van der Waals surface area contributed by atoms with Crippen LogP contribution in [0.4, 0.5) is 0 Å². The molecule has 1 rings (SSSR count). The van der Waals surface area contributed by atoms with Crippen molar-refractivity contribution in [3.05, 3.63) is 0 Å². The Morgan fingerprint density at radius 1 is 1.43 bits per heavy atom. The topological polar surface area (TPSA) is 73.8 Å². The molecule has 2 N–H and O–H groups in total. The van der Waals surface area contributed by atoms with Crippen molar-refractivity contribution >= 4 is 39.8 Å². The van der Waals surface area contributed by atoms with Crippen LogP contribution in [0.1, 0.15) is 33.1 Å². The third-order valence-electron chi connectivity index (χ3n) is 4.00. The second kappa shape index (κ2) is 11.5. The third-order valence-corrected chi connectivity index (χ3v) is 4.97. The maximum atomic E-state index is 11.2. The van der Waals surface area contributed by atoms with Crippen molar-refractivity contribution in [3.8, 4) is 0 Å². The zero-order valence-corrected chi connectivity index (χ0v) is 18.0. The highest BCUT2D eigenvalue weighted by atomic mass is 127. The van der Waals surface area contributed by atoms with E-state index in [-0.39, 0.29) is 35.8 Å². The normalized spacial score (nSPS) is 20.9. The van der Waals surface area contributed by atoms with Crippen LogP contribution in [0.3, 0.4) is 0 Å². The molecule has 1 aliphatic heterocycles. The molecule has 0 aromatic rings. The molecule has 0 aromatic carbocycles. The van der Waals surface area contributed by atoms with Crippen molar-refractivity contribution in [3.63, 3.8) is 0 Å². The highest BCUT2D eigenvalue weighted by molar-refractivity contribution is 14.0. The van der Waals surface area contributed by atoms with Crippen LogP contribution in [0.2, 0.25) is 0 Å². The van der Waals surface area contributed by atoms with Gasteiger partial charge in [0.15, 0.2) is 5.96 Å². The third kappa shape index (κ3) is 10.4. The van der Waals surface area contributed by atoms with E-state index in [9.17, 15) is 8.42 Å². The van der Waals surface area contributed by atoms with E-state index in [2.05, 4.69) is 27.4 Å². The number of aliphatic imine (C=N–C) groups is 1. The number of hydrogen-bond acceptors (Lipinski definition) is 4. The van der Waals surface area contributed by atoms with Gasteiger partial charge in [-0.05, 0) is 45.2 Å². The summed E-state index contributed by atoms with van der Waals surface area (Å²) in [6, 6.07) is 0.0843. The van der Waals surface area contributed by atoms with Gasteiger partial charge in [-0.15, -0.1) is 24.0 Å². The van der Waals surface area contributed by atoms with Gasteiger partial charge in [-0.1, -0.05) is 6.92 Å². The number of rotatable bonds is 8. The molecule has 1 fully saturated rings. The molecule has 0 bridgehead atoms. The van der Waals surface area contributed by atoms with Crippen molar-refractivity contribution in [2.24, 2.45) is 10.9 Å². The number of nitrogens with zero attached hydrogens (tertiary/aromatic N) is 2. The Balaban J connectivity index is 0.00000484. The first-order chi connectivity index (χ1) is 10.3. The van der Waals surface area contributed by atoms with Crippen molar-refractivity contribution in [1.82, 2.24) is 15.5 Å². The maximum Gasteiger partial charge on any atom is 0.191 e. The summed E-state index contributed by atoms with van der Waals surface area (Å²) in [5.74, 6) is 1.62. The quantitative estimate of drug-likeness (QED) is 0.325. The Morgan fingerprint density at radius 3 is 2.70 bits per heavy atom. The molecule has 0 aromatic heterocycles. The molecule has 2 atom stereocenters. The van der Waals surface area contributed by atoms with E-state index in [0.29, 0.717) is 12.3 Å². The largest absolute Gasteiger partial charge is 0.356 e. The van der Waals surface area contributed by atoms with Crippen LogP contribution in [0, 0.1) is 5.92 Å². The smallest absolute Gasteiger partial charge is 0.191 e. The molecular formula is C15H33IN4O2S. The zero-order valence-electron chi connectivity index (χ0n) is 14.8. The lowest BCUT2D eigenvalue weighted by Gasteiger charge is -2.20. The molecule has 1 heterocycles. The fourth-order valence-corrected chi connectivity index (χ4v) is 3.51. The van der Waals surface area contributed by atoms with E-state index < -0.39 is 9.84 Å². The summed E-state index contributed by atoms with van der Waals surface area (Å²) >= 11 is 0. The van der Waals surface area contributed by atoms with Gasteiger partial charge in [-0.3, -0.25) is 4.99 Å². The van der Waals surface area contributed by atoms with Crippen molar-refractivity contribution < 1.29 is 8.42 Å². The minimum Gasteiger partial charge on any atom is -0.356 e. The van der Waals surface area contributed by atoms with E-state index in [1.54, 1.807) is 7.05 Å². The fourth-order valence-electron chi connectivity index (χ4n) is 2.73. The van der Waals surface area contributed by atoms with Crippen LogP contribution in [0.25, 0.3) is 0 Å². The summed E-state index contributed by atoms with van der Waals surface area (Å²) < 4.78 is 22.4. The minimum atomic E-state index is -2.90.